The van der Waals surface area contributed by atoms with Gasteiger partial charge in [-0.15, -0.1) is 0 Å². The number of unbranched alkanes of at least 4 members (excludes halogenated alkanes) is 1. The summed E-state index contributed by atoms with van der Waals surface area (Å²) in [6.07, 6.45) is 3.78. The summed E-state index contributed by atoms with van der Waals surface area (Å²) in [7, 11) is 0. The second kappa shape index (κ2) is 8.53. The minimum absolute atomic E-state index is 0.291. The number of hydrogen-bond donors (Lipinski definition) is 0. The van der Waals surface area contributed by atoms with E-state index in [4.69, 9.17) is 4.74 Å². The first-order chi connectivity index (χ1) is 14.2. The molecule has 146 valence electrons. The first-order valence-corrected chi connectivity index (χ1v) is 10.5. The van der Waals surface area contributed by atoms with Crippen LogP contribution < -0.4 is 9.64 Å². The molecule has 1 fully saturated rings. The van der Waals surface area contributed by atoms with Crippen LogP contribution in [0.2, 0.25) is 0 Å². The molecule has 3 aromatic carbocycles. The molecule has 0 atom stereocenters. The number of para-hydroxylation sites is 1. The van der Waals surface area contributed by atoms with Gasteiger partial charge in [0.05, 0.1) is 17.2 Å². The normalized spacial score (nSPS) is 15.5. The van der Waals surface area contributed by atoms with Crippen molar-refractivity contribution >= 4 is 45.4 Å². The van der Waals surface area contributed by atoms with E-state index in [0.717, 1.165) is 46.7 Å². The van der Waals surface area contributed by atoms with Crippen LogP contribution in [0.25, 0.3) is 16.8 Å². The standard InChI is InChI=1S/C24H21NO3S/c1-2-3-15-28-21-14-13-17-9-7-8-12-19(17)20(21)16-22-23(26)25(24(27)29-22)18-10-5-4-6-11-18/h4-14,16H,2-3,15H2,1H3/b22-16+. The molecular weight excluding hydrogens is 382 g/mol. The maximum absolute atomic E-state index is 13.0. The van der Waals surface area contributed by atoms with Crippen molar-refractivity contribution in [3.8, 4) is 5.75 Å². The molecule has 1 heterocycles. The Kier molecular flexibility index (Phi) is 5.67. The van der Waals surface area contributed by atoms with Crippen LogP contribution in [0.1, 0.15) is 25.3 Å². The Morgan fingerprint density at radius 1 is 0.966 bits per heavy atom. The molecule has 0 spiro atoms. The second-order valence-electron chi connectivity index (χ2n) is 6.75. The zero-order valence-electron chi connectivity index (χ0n) is 16.1. The first-order valence-electron chi connectivity index (χ1n) is 9.66. The molecule has 0 aliphatic carbocycles. The van der Waals surface area contributed by atoms with Crippen molar-refractivity contribution in [2.24, 2.45) is 0 Å². The molecule has 5 heteroatoms. The van der Waals surface area contributed by atoms with Gasteiger partial charge in [0.25, 0.3) is 11.1 Å². The molecule has 0 saturated carbocycles. The number of rotatable bonds is 6. The number of benzene rings is 3. The van der Waals surface area contributed by atoms with Crippen LogP contribution in [0.15, 0.2) is 71.6 Å². The van der Waals surface area contributed by atoms with E-state index in [2.05, 4.69) is 6.92 Å². The highest BCUT2D eigenvalue weighted by molar-refractivity contribution is 8.19. The van der Waals surface area contributed by atoms with Gasteiger partial charge in [-0.2, -0.15) is 0 Å². The number of fused-ring (bicyclic) bond motifs is 1. The lowest BCUT2D eigenvalue weighted by molar-refractivity contribution is -0.113. The van der Waals surface area contributed by atoms with E-state index < -0.39 is 0 Å². The van der Waals surface area contributed by atoms with E-state index in [-0.39, 0.29) is 11.1 Å². The molecule has 2 amide bonds. The number of imide groups is 1. The third kappa shape index (κ3) is 3.91. The van der Waals surface area contributed by atoms with Crippen molar-refractivity contribution in [1.29, 1.82) is 0 Å². The van der Waals surface area contributed by atoms with E-state index in [1.54, 1.807) is 18.2 Å². The Morgan fingerprint density at radius 3 is 2.52 bits per heavy atom. The topological polar surface area (TPSA) is 46.6 Å². The average Bonchev–Trinajstić information content (AvgIpc) is 3.03. The summed E-state index contributed by atoms with van der Waals surface area (Å²) in [5.74, 6) is 0.419. The number of amides is 2. The quantitative estimate of drug-likeness (QED) is 0.360. The summed E-state index contributed by atoms with van der Waals surface area (Å²) >= 11 is 0.960. The molecule has 29 heavy (non-hydrogen) atoms. The van der Waals surface area contributed by atoms with Crippen LogP contribution in [-0.4, -0.2) is 17.8 Å². The fraction of sp³-hybridized carbons (Fsp3) is 0.167. The van der Waals surface area contributed by atoms with E-state index in [1.165, 1.54) is 4.90 Å². The number of carbonyl (C=O) groups is 2. The van der Waals surface area contributed by atoms with E-state index in [9.17, 15) is 9.59 Å². The van der Waals surface area contributed by atoms with E-state index in [0.29, 0.717) is 17.2 Å². The zero-order chi connectivity index (χ0) is 20.2. The van der Waals surface area contributed by atoms with E-state index in [1.807, 2.05) is 54.6 Å². The zero-order valence-corrected chi connectivity index (χ0v) is 16.9. The summed E-state index contributed by atoms with van der Waals surface area (Å²) in [5, 5.41) is 1.76. The number of anilines is 1. The third-order valence-electron chi connectivity index (χ3n) is 4.77. The van der Waals surface area contributed by atoms with Crippen LogP contribution in [0.3, 0.4) is 0 Å². The molecule has 0 N–H and O–H groups in total. The SMILES string of the molecule is CCCCOc1ccc2ccccc2c1/C=C1/SC(=O)N(c2ccccc2)C1=O. The van der Waals surface area contributed by atoms with Gasteiger partial charge in [0.15, 0.2) is 0 Å². The molecule has 1 aliphatic heterocycles. The molecule has 0 aromatic heterocycles. The summed E-state index contributed by atoms with van der Waals surface area (Å²) in [5.41, 5.74) is 1.41. The number of carbonyl (C=O) groups excluding carboxylic acids is 2. The predicted molar refractivity (Wildman–Crippen MR) is 119 cm³/mol. The molecule has 4 rings (SSSR count). The summed E-state index contributed by atoms with van der Waals surface area (Å²) in [6.45, 7) is 2.73. The second-order valence-corrected chi connectivity index (χ2v) is 7.75. The lowest BCUT2D eigenvalue weighted by atomic mass is 10.0. The molecule has 4 nitrogen and oxygen atoms in total. The lowest BCUT2D eigenvalue weighted by Gasteiger charge is -2.13. The highest BCUT2D eigenvalue weighted by atomic mass is 32.2. The molecule has 3 aromatic rings. The molecule has 0 radical (unpaired) electrons. The Bertz CT molecular complexity index is 1090. The van der Waals surface area contributed by atoms with Crippen molar-refractivity contribution in [2.45, 2.75) is 19.8 Å². The molecule has 0 unspecified atom stereocenters. The summed E-state index contributed by atoms with van der Waals surface area (Å²) in [6, 6.07) is 20.9. The minimum atomic E-state index is -0.307. The van der Waals surface area contributed by atoms with Gasteiger partial charge in [-0.1, -0.05) is 61.9 Å². The van der Waals surface area contributed by atoms with Gasteiger partial charge < -0.3 is 4.74 Å². The first kappa shape index (κ1) is 19.3. The van der Waals surface area contributed by atoms with Gasteiger partial charge in [-0.05, 0) is 53.2 Å². The number of ether oxygens (including phenoxy) is 1. The Hall–Kier alpha value is -3.05. The molecule has 1 saturated heterocycles. The van der Waals surface area contributed by atoms with Crippen molar-refractivity contribution in [2.75, 3.05) is 11.5 Å². The predicted octanol–water partition coefficient (Wildman–Crippen LogP) is 6.26. The largest absolute Gasteiger partial charge is 0.493 e. The van der Waals surface area contributed by atoms with E-state index >= 15 is 0 Å². The number of nitrogens with zero attached hydrogens (tertiary/aromatic N) is 1. The van der Waals surface area contributed by atoms with Gasteiger partial charge in [-0.25, -0.2) is 4.90 Å². The minimum Gasteiger partial charge on any atom is -0.493 e. The van der Waals surface area contributed by atoms with Gasteiger partial charge >= 0.3 is 0 Å². The van der Waals surface area contributed by atoms with Crippen LogP contribution in [0, 0.1) is 0 Å². The van der Waals surface area contributed by atoms with Crippen molar-refractivity contribution in [3.05, 3.63) is 77.2 Å². The average molecular weight is 404 g/mol. The highest BCUT2D eigenvalue weighted by Gasteiger charge is 2.36. The lowest BCUT2D eigenvalue weighted by Crippen LogP contribution is -2.27. The summed E-state index contributed by atoms with van der Waals surface area (Å²) < 4.78 is 6.01. The van der Waals surface area contributed by atoms with Gasteiger partial charge in [0.1, 0.15) is 5.75 Å². The summed E-state index contributed by atoms with van der Waals surface area (Å²) in [4.78, 5) is 27.2. The van der Waals surface area contributed by atoms with Crippen LogP contribution in [0.5, 0.6) is 5.75 Å². The monoisotopic (exact) mass is 403 g/mol. The Balaban J connectivity index is 1.76. The molecular formula is C24H21NO3S. The molecule has 0 bridgehead atoms. The van der Waals surface area contributed by atoms with Crippen LogP contribution >= 0.6 is 11.8 Å². The third-order valence-corrected chi connectivity index (χ3v) is 5.64. The Labute approximate surface area is 174 Å². The highest BCUT2D eigenvalue weighted by Crippen LogP contribution is 2.38. The van der Waals surface area contributed by atoms with Crippen LogP contribution in [0.4, 0.5) is 10.5 Å². The van der Waals surface area contributed by atoms with Crippen LogP contribution in [-0.2, 0) is 4.79 Å². The smallest absolute Gasteiger partial charge is 0.298 e. The Morgan fingerprint density at radius 2 is 1.72 bits per heavy atom. The maximum Gasteiger partial charge on any atom is 0.298 e. The van der Waals surface area contributed by atoms with Gasteiger partial charge in [-0.3, -0.25) is 9.59 Å². The van der Waals surface area contributed by atoms with Gasteiger partial charge in [0, 0.05) is 5.56 Å². The number of hydrogen-bond acceptors (Lipinski definition) is 4. The van der Waals surface area contributed by atoms with Gasteiger partial charge in [0.2, 0.25) is 0 Å². The van der Waals surface area contributed by atoms with Crippen molar-refractivity contribution < 1.29 is 14.3 Å². The fourth-order valence-corrected chi connectivity index (χ4v) is 4.10. The fourth-order valence-electron chi connectivity index (χ4n) is 3.28. The van der Waals surface area contributed by atoms with Crippen molar-refractivity contribution in [3.63, 3.8) is 0 Å². The molecule has 1 aliphatic rings. The maximum atomic E-state index is 13.0. The van der Waals surface area contributed by atoms with Crippen molar-refractivity contribution in [1.82, 2.24) is 0 Å². The number of thioether (sulfide) groups is 1.